The third kappa shape index (κ3) is 2.42. The van der Waals surface area contributed by atoms with Crippen LogP contribution >= 0.6 is 0 Å². The summed E-state index contributed by atoms with van der Waals surface area (Å²) < 4.78 is 4.87. The Morgan fingerprint density at radius 1 is 1.47 bits per heavy atom. The van der Waals surface area contributed by atoms with Crippen LogP contribution in [-0.2, 0) is 9.53 Å². The summed E-state index contributed by atoms with van der Waals surface area (Å²) in [6.07, 6.45) is 0. The van der Waals surface area contributed by atoms with Crippen LogP contribution in [0.4, 0.5) is 5.69 Å². The molecular formula is C11H12N2O4. The molecule has 1 N–H and O–H groups in total. The van der Waals surface area contributed by atoms with Crippen molar-refractivity contribution in [2.24, 2.45) is 0 Å². The lowest BCUT2D eigenvalue weighted by atomic mass is 10.1. The topological polar surface area (TPSA) is 91.4 Å². The van der Waals surface area contributed by atoms with Crippen molar-refractivity contribution in [1.82, 2.24) is 5.32 Å². The number of hydrogen-bond donors (Lipinski definition) is 1. The number of carbonyl (C=O) groups excluding carboxylic acids is 1. The molecule has 6 nitrogen and oxygen atoms in total. The second-order valence-electron chi connectivity index (χ2n) is 3.72. The molecule has 17 heavy (non-hydrogen) atoms. The van der Waals surface area contributed by atoms with E-state index in [0.29, 0.717) is 6.61 Å². The molecule has 6 heteroatoms. The summed E-state index contributed by atoms with van der Waals surface area (Å²) in [7, 11) is 0. The van der Waals surface area contributed by atoms with Gasteiger partial charge in [0.15, 0.2) is 0 Å². The van der Waals surface area contributed by atoms with Gasteiger partial charge < -0.3 is 4.74 Å². The molecule has 1 aromatic carbocycles. The lowest BCUT2D eigenvalue weighted by Crippen LogP contribution is -2.13. The average molecular weight is 236 g/mol. The maximum atomic E-state index is 11.4. The van der Waals surface area contributed by atoms with Gasteiger partial charge in [-0.3, -0.25) is 20.2 Å². The van der Waals surface area contributed by atoms with Gasteiger partial charge in [0.1, 0.15) is 6.04 Å². The maximum Gasteiger partial charge on any atom is 0.325 e. The zero-order chi connectivity index (χ0) is 12.4. The molecule has 0 spiro atoms. The highest BCUT2D eigenvalue weighted by Crippen LogP contribution is 2.31. The van der Waals surface area contributed by atoms with Gasteiger partial charge in [-0.2, -0.15) is 0 Å². The Kier molecular flexibility index (Phi) is 3.06. The van der Waals surface area contributed by atoms with Crippen molar-refractivity contribution >= 4 is 11.7 Å². The highest BCUT2D eigenvalue weighted by atomic mass is 16.6. The third-order valence-electron chi connectivity index (χ3n) is 2.59. The van der Waals surface area contributed by atoms with Crippen molar-refractivity contribution in [2.45, 2.75) is 19.0 Å². The molecule has 90 valence electrons. The largest absolute Gasteiger partial charge is 0.465 e. The predicted molar refractivity (Wildman–Crippen MR) is 59.4 cm³/mol. The van der Waals surface area contributed by atoms with E-state index in [0.717, 1.165) is 5.56 Å². The lowest BCUT2D eigenvalue weighted by Gasteiger charge is -1.99. The van der Waals surface area contributed by atoms with E-state index in [9.17, 15) is 14.9 Å². The van der Waals surface area contributed by atoms with Crippen LogP contribution in [-0.4, -0.2) is 23.5 Å². The predicted octanol–water partition coefficient (Wildman–Crippen LogP) is 1.17. The van der Waals surface area contributed by atoms with Crippen molar-refractivity contribution in [3.63, 3.8) is 0 Å². The number of non-ortho nitro benzene ring substituents is 1. The maximum absolute atomic E-state index is 11.4. The number of benzene rings is 1. The SMILES string of the molecule is CCOC(=O)[C@@H]1N[C@H]1c1ccc([N+](=O)[O-])cc1. The Hall–Kier alpha value is -1.95. The molecule has 1 aliphatic heterocycles. The molecule has 0 unspecified atom stereocenters. The number of hydrogen-bond acceptors (Lipinski definition) is 5. The number of rotatable bonds is 4. The van der Waals surface area contributed by atoms with Crippen LogP contribution in [0.25, 0.3) is 0 Å². The van der Waals surface area contributed by atoms with Crippen LogP contribution in [0.1, 0.15) is 18.5 Å². The highest BCUT2D eigenvalue weighted by Gasteiger charge is 2.44. The Bertz CT molecular complexity index is 443. The van der Waals surface area contributed by atoms with E-state index in [-0.39, 0.29) is 23.7 Å². The molecule has 1 heterocycles. The zero-order valence-corrected chi connectivity index (χ0v) is 9.25. The second kappa shape index (κ2) is 4.50. The minimum Gasteiger partial charge on any atom is -0.465 e. The minimum absolute atomic E-state index is 0.0436. The summed E-state index contributed by atoms with van der Waals surface area (Å²) in [6, 6.07) is 5.74. The fourth-order valence-corrected chi connectivity index (χ4v) is 1.67. The van der Waals surface area contributed by atoms with Crippen molar-refractivity contribution in [1.29, 1.82) is 0 Å². The number of carbonyl (C=O) groups is 1. The molecule has 2 rings (SSSR count). The molecule has 1 saturated heterocycles. The average Bonchev–Trinajstić information content (AvgIpc) is 3.09. The number of ether oxygens (including phenoxy) is 1. The Morgan fingerprint density at radius 3 is 2.65 bits per heavy atom. The Morgan fingerprint density at radius 2 is 2.12 bits per heavy atom. The Labute approximate surface area is 97.7 Å². The van der Waals surface area contributed by atoms with Crippen LogP contribution < -0.4 is 5.32 Å². The third-order valence-corrected chi connectivity index (χ3v) is 2.59. The second-order valence-corrected chi connectivity index (χ2v) is 3.72. The zero-order valence-electron chi connectivity index (χ0n) is 9.25. The lowest BCUT2D eigenvalue weighted by molar-refractivity contribution is -0.384. The van der Waals surface area contributed by atoms with Gasteiger partial charge in [-0.25, -0.2) is 0 Å². The van der Waals surface area contributed by atoms with Crippen LogP contribution in [0.3, 0.4) is 0 Å². The standard InChI is InChI=1S/C11H12N2O4/c1-2-17-11(14)10-9(12-10)7-3-5-8(6-4-7)13(15)16/h3-6,9-10,12H,2H2,1H3/t9-,10+/m0/s1. The van der Waals surface area contributed by atoms with E-state index < -0.39 is 4.92 Å². The molecule has 0 aromatic heterocycles. The number of nitrogens with one attached hydrogen (secondary N) is 1. The monoisotopic (exact) mass is 236 g/mol. The van der Waals surface area contributed by atoms with E-state index >= 15 is 0 Å². The molecule has 1 aromatic rings. The van der Waals surface area contributed by atoms with Crippen LogP contribution in [0.15, 0.2) is 24.3 Å². The van der Waals surface area contributed by atoms with Gasteiger partial charge in [0.25, 0.3) is 5.69 Å². The van der Waals surface area contributed by atoms with Crippen LogP contribution in [0.5, 0.6) is 0 Å². The summed E-state index contributed by atoms with van der Waals surface area (Å²) in [6.45, 7) is 2.10. The summed E-state index contributed by atoms with van der Waals surface area (Å²) in [5.74, 6) is -0.282. The first-order valence-electron chi connectivity index (χ1n) is 5.30. The first-order chi connectivity index (χ1) is 8.13. The molecule has 0 saturated carbocycles. The minimum atomic E-state index is -0.451. The molecule has 0 bridgehead atoms. The summed E-state index contributed by atoms with van der Waals surface area (Å²) in [4.78, 5) is 21.4. The number of esters is 1. The van der Waals surface area contributed by atoms with Gasteiger partial charge in [-0.1, -0.05) is 12.1 Å². The van der Waals surface area contributed by atoms with Gasteiger partial charge in [0.2, 0.25) is 0 Å². The van der Waals surface area contributed by atoms with E-state index in [4.69, 9.17) is 4.74 Å². The van der Waals surface area contributed by atoms with E-state index in [2.05, 4.69) is 5.32 Å². The number of nitro benzene ring substituents is 1. The first-order valence-corrected chi connectivity index (χ1v) is 5.30. The first kappa shape index (κ1) is 11.5. The van der Waals surface area contributed by atoms with E-state index in [1.165, 1.54) is 12.1 Å². The molecule has 0 amide bonds. The number of nitrogens with zero attached hydrogens (tertiary/aromatic N) is 1. The summed E-state index contributed by atoms with van der Waals surface area (Å²) in [5, 5.41) is 13.4. The molecule has 1 aliphatic rings. The molecule has 0 radical (unpaired) electrons. The van der Waals surface area contributed by atoms with Crippen LogP contribution in [0, 0.1) is 10.1 Å². The normalized spacial score (nSPS) is 21.9. The van der Waals surface area contributed by atoms with Crippen molar-refractivity contribution in [3.8, 4) is 0 Å². The Balaban J connectivity index is 2.01. The highest BCUT2D eigenvalue weighted by molar-refractivity contribution is 5.80. The van der Waals surface area contributed by atoms with Crippen molar-refractivity contribution in [2.75, 3.05) is 6.61 Å². The molecule has 2 atom stereocenters. The fourth-order valence-electron chi connectivity index (χ4n) is 1.67. The van der Waals surface area contributed by atoms with E-state index in [1.54, 1.807) is 19.1 Å². The van der Waals surface area contributed by atoms with Crippen molar-refractivity contribution < 1.29 is 14.5 Å². The van der Waals surface area contributed by atoms with Gasteiger partial charge >= 0.3 is 5.97 Å². The quantitative estimate of drug-likeness (QED) is 0.366. The number of nitro groups is 1. The van der Waals surface area contributed by atoms with Crippen LogP contribution in [0.2, 0.25) is 0 Å². The summed E-state index contributed by atoms with van der Waals surface area (Å²) >= 11 is 0. The molecule has 1 fully saturated rings. The van der Waals surface area contributed by atoms with Gasteiger partial charge in [0, 0.05) is 12.1 Å². The van der Waals surface area contributed by atoms with Gasteiger partial charge in [-0.15, -0.1) is 0 Å². The smallest absolute Gasteiger partial charge is 0.325 e. The molecular weight excluding hydrogens is 224 g/mol. The fraction of sp³-hybridized carbons (Fsp3) is 0.364. The van der Waals surface area contributed by atoms with Gasteiger partial charge in [0.05, 0.1) is 17.6 Å². The molecule has 0 aliphatic carbocycles. The summed E-state index contributed by atoms with van der Waals surface area (Å²) in [5.41, 5.74) is 0.899. The van der Waals surface area contributed by atoms with Gasteiger partial charge in [-0.05, 0) is 12.5 Å². The van der Waals surface area contributed by atoms with Crippen molar-refractivity contribution in [3.05, 3.63) is 39.9 Å². The van der Waals surface area contributed by atoms with E-state index in [1.807, 2.05) is 0 Å².